The Kier molecular flexibility index (Phi) is 2.64. The zero-order valence-electron chi connectivity index (χ0n) is 11.8. The summed E-state index contributed by atoms with van der Waals surface area (Å²) in [7, 11) is 0. The molecule has 1 spiro atoms. The second kappa shape index (κ2) is 4.42. The number of hydrogen-bond acceptors (Lipinski definition) is 2. The molecule has 2 aliphatic carbocycles. The van der Waals surface area contributed by atoms with Crippen molar-refractivity contribution in [3.8, 4) is 0 Å². The van der Waals surface area contributed by atoms with Gasteiger partial charge in [-0.3, -0.25) is 4.98 Å². The molecular weight excluding hydrogens is 262 g/mol. The van der Waals surface area contributed by atoms with E-state index in [1.165, 1.54) is 43.0 Å². The van der Waals surface area contributed by atoms with Crippen molar-refractivity contribution >= 4 is 22.4 Å². The number of aromatic nitrogens is 1. The number of fused-ring (bicyclic) bond motifs is 1. The van der Waals surface area contributed by atoms with Gasteiger partial charge in [0.1, 0.15) is 0 Å². The molecule has 2 aliphatic rings. The number of nitrogens with zero attached hydrogens (tertiary/aromatic N) is 1. The van der Waals surface area contributed by atoms with Gasteiger partial charge in [-0.15, -0.1) is 0 Å². The topological polar surface area (TPSA) is 50.2 Å². The molecule has 1 heterocycles. The molecule has 1 aromatic heterocycles. The second-order valence-electron chi connectivity index (χ2n) is 6.34. The number of carboxylic acids is 1. The van der Waals surface area contributed by atoms with E-state index in [-0.39, 0.29) is 5.56 Å². The van der Waals surface area contributed by atoms with Gasteiger partial charge in [-0.05, 0) is 49.2 Å². The molecule has 0 radical (unpaired) electrons. The van der Waals surface area contributed by atoms with Crippen LogP contribution in [-0.4, -0.2) is 16.1 Å². The number of allylic oxidation sites excluding steroid dienone is 2. The lowest BCUT2D eigenvalue weighted by atomic mass is 9.84. The lowest BCUT2D eigenvalue weighted by Crippen LogP contribution is -2.06. The van der Waals surface area contributed by atoms with Gasteiger partial charge in [0.25, 0.3) is 0 Å². The standard InChI is InChI=1S/C18H17NO2/c20-17(21)14-10-13-2-1-3-15(16(13)19-11-14)12-4-6-18(7-5-12)8-9-18/h1-4,10-11H,5-9H2,(H,20,21). The first-order valence-corrected chi connectivity index (χ1v) is 7.48. The lowest BCUT2D eigenvalue weighted by Gasteiger charge is -2.21. The summed E-state index contributed by atoms with van der Waals surface area (Å²) in [5, 5.41) is 9.98. The van der Waals surface area contributed by atoms with Crippen molar-refractivity contribution < 1.29 is 9.90 Å². The summed E-state index contributed by atoms with van der Waals surface area (Å²) < 4.78 is 0. The van der Waals surface area contributed by atoms with E-state index in [2.05, 4.69) is 17.1 Å². The predicted molar refractivity (Wildman–Crippen MR) is 82.2 cm³/mol. The van der Waals surface area contributed by atoms with Crippen LogP contribution in [0.2, 0.25) is 0 Å². The van der Waals surface area contributed by atoms with Gasteiger partial charge in [0.2, 0.25) is 0 Å². The average Bonchev–Trinajstić information content (AvgIpc) is 3.26. The van der Waals surface area contributed by atoms with Crippen LogP contribution in [0.1, 0.15) is 48.0 Å². The summed E-state index contributed by atoms with van der Waals surface area (Å²) in [5.41, 5.74) is 4.32. The second-order valence-corrected chi connectivity index (χ2v) is 6.34. The van der Waals surface area contributed by atoms with E-state index in [4.69, 9.17) is 5.11 Å². The Hall–Kier alpha value is -2.16. The maximum absolute atomic E-state index is 11.1. The monoisotopic (exact) mass is 279 g/mol. The van der Waals surface area contributed by atoms with Crippen molar-refractivity contribution in [2.24, 2.45) is 5.41 Å². The van der Waals surface area contributed by atoms with Crippen LogP contribution in [0.5, 0.6) is 0 Å². The molecule has 0 unspecified atom stereocenters. The van der Waals surface area contributed by atoms with Crippen LogP contribution in [0, 0.1) is 5.41 Å². The molecule has 1 fully saturated rings. The number of para-hydroxylation sites is 1. The molecule has 3 heteroatoms. The Morgan fingerprint density at radius 3 is 2.76 bits per heavy atom. The first-order valence-electron chi connectivity index (χ1n) is 7.48. The smallest absolute Gasteiger partial charge is 0.337 e. The number of carboxylic acid groups (broad SMARTS) is 1. The molecule has 4 rings (SSSR count). The van der Waals surface area contributed by atoms with Crippen LogP contribution in [0.25, 0.3) is 16.5 Å². The fourth-order valence-corrected chi connectivity index (χ4v) is 3.36. The Morgan fingerprint density at radius 1 is 1.24 bits per heavy atom. The number of benzene rings is 1. The van der Waals surface area contributed by atoms with E-state index in [0.29, 0.717) is 5.41 Å². The largest absolute Gasteiger partial charge is 0.478 e. The van der Waals surface area contributed by atoms with Gasteiger partial charge >= 0.3 is 5.97 Å². The molecule has 2 aromatic rings. The van der Waals surface area contributed by atoms with Gasteiger partial charge in [0, 0.05) is 17.1 Å². The Morgan fingerprint density at radius 2 is 2.10 bits per heavy atom. The number of pyridine rings is 1. The first kappa shape index (κ1) is 12.6. The van der Waals surface area contributed by atoms with Crippen molar-refractivity contribution in [3.05, 3.63) is 47.7 Å². The number of hydrogen-bond donors (Lipinski definition) is 1. The van der Waals surface area contributed by atoms with Gasteiger partial charge < -0.3 is 5.11 Å². The highest BCUT2D eigenvalue weighted by atomic mass is 16.4. The van der Waals surface area contributed by atoms with Crippen molar-refractivity contribution in [3.63, 3.8) is 0 Å². The van der Waals surface area contributed by atoms with E-state index in [0.717, 1.165) is 17.3 Å². The normalized spacial score (nSPS) is 19.5. The minimum absolute atomic E-state index is 0.245. The van der Waals surface area contributed by atoms with E-state index in [1.54, 1.807) is 6.07 Å². The SMILES string of the molecule is O=C(O)c1cnc2c(C3=CCC4(CC3)CC4)cccc2c1. The third-order valence-electron chi connectivity index (χ3n) is 4.97. The predicted octanol–water partition coefficient (Wildman–Crippen LogP) is 4.28. The van der Waals surface area contributed by atoms with Crippen molar-refractivity contribution in [1.82, 2.24) is 4.98 Å². The molecule has 1 aromatic carbocycles. The highest BCUT2D eigenvalue weighted by Gasteiger charge is 2.42. The molecule has 1 N–H and O–H groups in total. The molecule has 0 amide bonds. The zero-order chi connectivity index (χ0) is 14.4. The minimum atomic E-state index is -0.928. The number of rotatable bonds is 2. The fourth-order valence-electron chi connectivity index (χ4n) is 3.36. The van der Waals surface area contributed by atoms with Gasteiger partial charge in [-0.2, -0.15) is 0 Å². The maximum Gasteiger partial charge on any atom is 0.337 e. The molecule has 106 valence electrons. The summed E-state index contributed by atoms with van der Waals surface area (Å²) in [5.74, 6) is -0.928. The van der Waals surface area contributed by atoms with E-state index >= 15 is 0 Å². The van der Waals surface area contributed by atoms with Crippen LogP contribution in [0.3, 0.4) is 0 Å². The highest BCUT2D eigenvalue weighted by Crippen LogP contribution is 2.56. The summed E-state index contributed by atoms with van der Waals surface area (Å²) in [4.78, 5) is 15.5. The molecule has 0 atom stereocenters. The number of aromatic carboxylic acids is 1. The van der Waals surface area contributed by atoms with Crippen LogP contribution < -0.4 is 0 Å². The van der Waals surface area contributed by atoms with E-state index < -0.39 is 5.97 Å². The van der Waals surface area contributed by atoms with Crippen LogP contribution in [0.4, 0.5) is 0 Å². The van der Waals surface area contributed by atoms with Crippen molar-refractivity contribution in [2.45, 2.75) is 32.1 Å². The number of carbonyl (C=O) groups is 1. The quantitative estimate of drug-likeness (QED) is 0.892. The summed E-state index contributed by atoms with van der Waals surface area (Å²) in [6.07, 6.45) is 10.2. The van der Waals surface area contributed by atoms with Crippen LogP contribution in [-0.2, 0) is 0 Å². The lowest BCUT2D eigenvalue weighted by molar-refractivity contribution is 0.0696. The summed E-state index contributed by atoms with van der Waals surface area (Å²) in [6.45, 7) is 0. The van der Waals surface area contributed by atoms with Crippen molar-refractivity contribution in [1.29, 1.82) is 0 Å². The van der Waals surface area contributed by atoms with Crippen LogP contribution in [0.15, 0.2) is 36.5 Å². The van der Waals surface area contributed by atoms with Gasteiger partial charge in [-0.25, -0.2) is 4.79 Å². The Balaban J connectivity index is 1.78. The average molecular weight is 279 g/mol. The third-order valence-corrected chi connectivity index (χ3v) is 4.97. The Labute approximate surface area is 123 Å². The third kappa shape index (κ3) is 2.13. The molecule has 0 bridgehead atoms. The fraction of sp³-hybridized carbons (Fsp3) is 0.333. The van der Waals surface area contributed by atoms with Crippen molar-refractivity contribution in [2.75, 3.05) is 0 Å². The minimum Gasteiger partial charge on any atom is -0.478 e. The maximum atomic E-state index is 11.1. The summed E-state index contributed by atoms with van der Waals surface area (Å²) in [6, 6.07) is 7.74. The molecule has 0 aliphatic heterocycles. The van der Waals surface area contributed by atoms with E-state index in [9.17, 15) is 4.79 Å². The van der Waals surface area contributed by atoms with Crippen LogP contribution >= 0.6 is 0 Å². The molecule has 21 heavy (non-hydrogen) atoms. The first-order chi connectivity index (χ1) is 10.2. The highest BCUT2D eigenvalue weighted by molar-refractivity contribution is 5.96. The molecule has 1 saturated carbocycles. The van der Waals surface area contributed by atoms with Gasteiger partial charge in [0.15, 0.2) is 0 Å². The van der Waals surface area contributed by atoms with Gasteiger partial charge in [-0.1, -0.05) is 24.3 Å². The zero-order valence-corrected chi connectivity index (χ0v) is 11.8. The van der Waals surface area contributed by atoms with Gasteiger partial charge in [0.05, 0.1) is 11.1 Å². The molecule has 3 nitrogen and oxygen atoms in total. The molecule has 0 saturated heterocycles. The van der Waals surface area contributed by atoms with E-state index in [1.807, 2.05) is 12.1 Å². The summed E-state index contributed by atoms with van der Waals surface area (Å²) >= 11 is 0. The molecular formula is C18H17NO2. The Bertz CT molecular complexity index is 772.